The van der Waals surface area contributed by atoms with Gasteiger partial charge in [-0.1, -0.05) is 6.07 Å². The molecule has 0 aromatic heterocycles. The van der Waals surface area contributed by atoms with E-state index in [1.54, 1.807) is 0 Å². The number of ether oxygens (including phenoxy) is 3. The van der Waals surface area contributed by atoms with Crippen LogP contribution in [0.3, 0.4) is 0 Å². The molecule has 108 valence electrons. The second kappa shape index (κ2) is 5.68. The molecule has 0 aliphatic carbocycles. The van der Waals surface area contributed by atoms with Gasteiger partial charge in [0, 0.05) is 13.1 Å². The monoisotopic (exact) mass is 278 g/mol. The Hall–Kier alpha value is -1.79. The average molecular weight is 278 g/mol. The molecule has 1 saturated heterocycles. The third-order valence-corrected chi connectivity index (χ3v) is 3.57. The topological polar surface area (TPSA) is 82.8 Å². The Morgan fingerprint density at radius 1 is 1.30 bits per heavy atom. The van der Waals surface area contributed by atoms with Gasteiger partial charge in [-0.2, -0.15) is 0 Å². The summed E-state index contributed by atoms with van der Waals surface area (Å²) in [4.78, 5) is 12.0. The van der Waals surface area contributed by atoms with E-state index in [1.165, 1.54) is 0 Å². The molecule has 0 bridgehead atoms. The van der Waals surface area contributed by atoms with Crippen LogP contribution in [0.5, 0.6) is 11.5 Å². The van der Waals surface area contributed by atoms with Crippen molar-refractivity contribution < 1.29 is 19.0 Å². The first-order chi connectivity index (χ1) is 9.76. The highest BCUT2D eigenvalue weighted by molar-refractivity contribution is 5.81. The molecule has 2 aliphatic heterocycles. The lowest BCUT2D eigenvalue weighted by molar-refractivity contribution is -0.132. The number of carbonyl (C=O) groups excluding carboxylic acids is 1. The number of nitrogens with one attached hydrogen (secondary N) is 1. The highest BCUT2D eigenvalue weighted by Crippen LogP contribution is 2.32. The first kappa shape index (κ1) is 13.2. The van der Waals surface area contributed by atoms with Crippen LogP contribution in [0.1, 0.15) is 18.4 Å². The lowest BCUT2D eigenvalue weighted by Crippen LogP contribution is -2.35. The summed E-state index contributed by atoms with van der Waals surface area (Å²) >= 11 is 0. The second-order valence-corrected chi connectivity index (χ2v) is 4.97. The largest absolute Gasteiger partial charge is 0.454 e. The molecule has 6 nitrogen and oxygen atoms in total. The Bertz CT molecular complexity index is 506. The third-order valence-electron chi connectivity index (χ3n) is 3.57. The maximum absolute atomic E-state index is 12.0. The fourth-order valence-electron chi connectivity index (χ4n) is 2.43. The molecule has 6 heteroatoms. The van der Waals surface area contributed by atoms with Crippen LogP contribution in [0, 0.1) is 0 Å². The molecule has 1 aromatic carbocycles. The lowest BCUT2D eigenvalue weighted by Gasteiger charge is -2.12. The van der Waals surface area contributed by atoms with Gasteiger partial charge in [0.2, 0.25) is 12.7 Å². The van der Waals surface area contributed by atoms with E-state index in [-0.39, 0.29) is 24.9 Å². The van der Waals surface area contributed by atoms with Crippen LogP contribution < -0.4 is 20.5 Å². The van der Waals surface area contributed by atoms with Crippen molar-refractivity contribution in [2.75, 3.05) is 13.3 Å². The molecule has 3 rings (SSSR count). The van der Waals surface area contributed by atoms with Gasteiger partial charge in [0.15, 0.2) is 11.5 Å². The molecular formula is C14H18N2O4. The molecule has 0 spiro atoms. The van der Waals surface area contributed by atoms with Crippen molar-refractivity contribution in [2.45, 2.75) is 31.6 Å². The quantitative estimate of drug-likeness (QED) is 0.840. The summed E-state index contributed by atoms with van der Waals surface area (Å²) in [6.45, 7) is 1.16. The third kappa shape index (κ3) is 2.71. The van der Waals surface area contributed by atoms with Crippen LogP contribution in [0.25, 0.3) is 0 Å². The number of carbonyl (C=O) groups is 1. The minimum atomic E-state index is -0.377. The van der Waals surface area contributed by atoms with E-state index in [2.05, 4.69) is 5.32 Å². The number of fused-ring (bicyclic) bond motifs is 1. The SMILES string of the molecule is NC[C@H]1CC[C@@H](C(=O)NCc2ccc3c(c2)OCO3)O1. The van der Waals surface area contributed by atoms with Crippen LogP contribution in [0.15, 0.2) is 18.2 Å². The van der Waals surface area contributed by atoms with Gasteiger partial charge in [0.1, 0.15) is 6.10 Å². The summed E-state index contributed by atoms with van der Waals surface area (Å²) in [7, 11) is 0. The standard InChI is InChI=1S/C14H18N2O4/c15-6-10-2-4-12(20-10)14(17)16-7-9-1-3-11-13(5-9)19-8-18-11/h1,3,5,10,12H,2,4,6-8,15H2,(H,16,17)/t10-,12+/m1/s1. The molecule has 0 radical (unpaired) electrons. The zero-order chi connectivity index (χ0) is 13.9. The number of hydrogen-bond acceptors (Lipinski definition) is 5. The number of nitrogens with two attached hydrogens (primary N) is 1. The van der Waals surface area contributed by atoms with Crippen molar-refractivity contribution in [3.8, 4) is 11.5 Å². The predicted octanol–water partition coefficient (Wildman–Crippen LogP) is 0.538. The van der Waals surface area contributed by atoms with E-state index in [9.17, 15) is 4.79 Å². The minimum Gasteiger partial charge on any atom is -0.454 e. The summed E-state index contributed by atoms with van der Waals surface area (Å²) in [6, 6.07) is 5.63. The number of benzene rings is 1. The first-order valence-electron chi connectivity index (χ1n) is 6.78. The van der Waals surface area contributed by atoms with E-state index in [1.807, 2.05) is 18.2 Å². The fraction of sp³-hybridized carbons (Fsp3) is 0.500. The summed E-state index contributed by atoms with van der Waals surface area (Å²) in [5.41, 5.74) is 6.50. The molecule has 20 heavy (non-hydrogen) atoms. The van der Waals surface area contributed by atoms with Crippen LogP contribution in [0.4, 0.5) is 0 Å². The van der Waals surface area contributed by atoms with Gasteiger partial charge in [-0.3, -0.25) is 4.79 Å². The minimum absolute atomic E-state index is 0.0105. The smallest absolute Gasteiger partial charge is 0.249 e. The molecule has 1 amide bonds. The second-order valence-electron chi connectivity index (χ2n) is 4.97. The molecule has 0 saturated carbocycles. The van der Waals surface area contributed by atoms with Gasteiger partial charge in [0.25, 0.3) is 0 Å². The highest BCUT2D eigenvalue weighted by atomic mass is 16.7. The van der Waals surface area contributed by atoms with Crippen LogP contribution in [0.2, 0.25) is 0 Å². The van der Waals surface area contributed by atoms with Crippen molar-refractivity contribution >= 4 is 5.91 Å². The molecule has 2 heterocycles. The maximum Gasteiger partial charge on any atom is 0.249 e. The Kier molecular flexibility index (Phi) is 3.75. The Morgan fingerprint density at radius 3 is 2.95 bits per heavy atom. The first-order valence-corrected chi connectivity index (χ1v) is 6.78. The van der Waals surface area contributed by atoms with E-state index >= 15 is 0 Å². The lowest BCUT2D eigenvalue weighted by atomic mass is 10.1. The van der Waals surface area contributed by atoms with Gasteiger partial charge in [0.05, 0.1) is 6.10 Å². The van der Waals surface area contributed by atoms with E-state index in [0.717, 1.165) is 29.9 Å². The predicted molar refractivity (Wildman–Crippen MR) is 71.4 cm³/mol. The normalized spacial score (nSPS) is 23.9. The number of rotatable bonds is 4. The van der Waals surface area contributed by atoms with E-state index < -0.39 is 0 Å². The average Bonchev–Trinajstić information content (AvgIpc) is 3.12. The van der Waals surface area contributed by atoms with E-state index in [4.69, 9.17) is 19.9 Å². The molecule has 1 fully saturated rings. The van der Waals surface area contributed by atoms with Crippen LogP contribution in [-0.2, 0) is 16.1 Å². The summed E-state index contributed by atoms with van der Waals surface area (Å²) < 4.78 is 16.1. The van der Waals surface area contributed by atoms with Crippen molar-refractivity contribution in [3.05, 3.63) is 23.8 Å². The summed E-state index contributed by atoms with van der Waals surface area (Å²) in [6.07, 6.45) is 1.21. The summed E-state index contributed by atoms with van der Waals surface area (Å²) in [5, 5.41) is 2.88. The number of amides is 1. The summed E-state index contributed by atoms with van der Waals surface area (Å²) in [5.74, 6) is 1.38. The van der Waals surface area contributed by atoms with Gasteiger partial charge in [-0.05, 0) is 30.5 Å². The fourth-order valence-corrected chi connectivity index (χ4v) is 2.43. The van der Waals surface area contributed by atoms with Gasteiger partial charge < -0.3 is 25.3 Å². The van der Waals surface area contributed by atoms with Crippen molar-refractivity contribution in [2.24, 2.45) is 5.73 Å². The Balaban J connectivity index is 1.53. The van der Waals surface area contributed by atoms with Crippen LogP contribution in [-0.4, -0.2) is 31.5 Å². The van der Waals surface area contributed by atoms with Gasteiger partial charge in [-0.15, -0.1) is 0 Å². The van der Waals surface area contributed by atoms with Gasteiger partial charge >= 0.3 is 0 Å². The molecular weight excluding hydrogens is 260 g/mol. The zero-order valence-electron chi connectivity index (χ0n) is 11.1. The van der Waals surface area contributed by atoms with Crippen LogP contribution >= 0.6 is 0 Å². The Morgan fingerprint density at radius 2 is 2.15 bits per heavy atom. The molecule has 2 atom stereocenters. The maximum atomic E-state index is 12.0. The molecule has 1 aromatic rings. The van der Waals surface area contributed by atoms with Crippen molar-refractivity contribution in [1.29, 1.82) is 0 Å². The zero-order valence-corrected chi connectivity index (χ0v) is 11.1. The van der Waals surface area contributed by atoms with Gasteiger partial charge in [-0.25, -0.2) is 0 Å². The molecule has 2 aliphatic rings. The number of hydrogen-bond donors (Lipinski definition) is 2. The van der Waals surface area contributed by atoms with Crippen molar-refractivity contribution in [1.82, 2.24) is 5.32 Å². The Labute approximate surface area is 117 Å². The van der Waals surface area contributed by atoms with E-state index in [0.29, 0.717) is 13.1 Å². The molecule has 3 N–H and O–H groups in total. The van der Waals surface area contributed by atoms with Crippen molar-refractivity contribution in [3.63, 3.8) is 0 Å². The highest BCUT2D eigenvalue weighted by Gasteiger charge is 2.29. The molecule has 0 unspecified atom stereocenters.